The molecule has 0 bridgehead atoms. The number of nitrogens with zero attached hydrogens (tertiary/aromatic N) is 2. The van der Waals surface area contributed by atoms with E-state index in [1.54, 1.807) is 0 Å². The first kappa shape index (κ1) is 44.8. The summed E-state index contributed by atoms with van der Waals surface area (Å²) in [4.78, 5) is 53.3. The fourth-order valence-corrected chi connectivity index (χ4v) is 6.04. The van der Waals surface area contributed by atoms with Gasteiger partial charge in [-0.25, -0.2) is 0 Å². The molecule has 3 amide bonds. The summed E-state index contributed by atoms with van der Waals surface area (Å²) >= 11 is 0. The lowest BCUT2D eigenvalue weighted by molar-refractivity contribution is -0.132. The number of carbonyl (C=O) groups excluding carboxylic acids is 3. The number of nitrogens with one attached hydrogen (secondary N) is 4. The van der Waals surface area contributed by atoms with Crippen molar-refractivity contribution in [3.63, 3.8) is 0 Å². The van der Waals surface area contributed by atoms with Gasteiger partial charge in [0.15, 0.2) is 11.9 Å². The molecule has 0 saturated heterocycles. The molecule has 3 atom stereocenters. The lowest BCUT2D eigenvalue weighted by Crippen LogP contribution is -2.56. The summed E-state index contributed by atoms with van der Waals surface area (Å²) in [5, 5.41) is 9.83. The van der Waals surface area contributed by atoms with Crippen LogP contribution >= 0.6 is 0 Å². The van der Waals surface area contributed by atoms with Crippen molar-refractivity contribution >= 4 is 40.5 Å². The Bertz CT molecular complexity index is 1610. The summed E-state index contributed by atoms with van der Waals surface area (Å²) in [6.45, 7) is 24.5. The Kier molecular flexibility index (Phi) is 15.8. The summed E-state index contributed by atoms with van der Waals surface area (Å²) in [6.07, 6.45) is 1.64. The molecular weight excluding hydrogens is 671 g/mol. The summed E-state index contributed by atoms with van der Waals surface area (Å²) < 4.78 is 0. The number of rotatable bonds is 17. The monoisotopic (exact) mass is 740 g/mol. The standard InChI is InChI=1S/C39H69N11O3/c1-22(2)21-47-33(52)28(15-13-17-46-36(43)44)48-34(53)29(49-32(51)27(40)14-12-16-45-35(41)42)20-25-24-18-23(37(3,4)5)19-26(38(6,7)8)30(24)50-31(25)39(9,10)11/h18-19,22,27-29,50H,12-17,20-21,40H2,1-11H3,(H,47,52)(H,48,53)(H,49,51)(H4,41,42,45)(H4,43,44,46)/t27-,28-,29-/m0/s1. The van der Waals surface area contributed by atoms with E-state index in [1.165, 1.54) is 0 Å². The van der Waals surface area contributed by atoms with Gasteiger partial charge in [0.25, 0.3) is 0 Å². The molecule has 0 saturated carbocycles. The van der Waals surface area contributed by atoms with E-state index in [2.05, 4.69) is 105 Å². The number of benzene rings is 1. The highest BCUT2D eigenvalue weighted by Crippen LogP contribution is 2.40. The van der Waals surface area contributed by atoms with Crippen LogP contribution in [0.3, 0.4) is 0 Å². The quantitative estimate of drug-likeness (QED) is 0.0661. The first-order valence-electron chi connectivity index (χ1n) is 18.8. The average molecular weight is 740 g/mol. The zero-order valence-corrected chi connectivity index (χ0v) is 34.1. The highest BCUT2D eigenvalue weighted by molar-refractivity contribution is 5.95. The Hall–Kier alpha value is -4.33. The van der Waals surface area contributed by atoms with Gasteiger partial charge in [-0.3, -0.25) is 24.4 Å². The van der Waals surface area contributed by atoms with Crippen molar-refractivity contribution in [3.05, 3.63) is 34.5 Å². The third-order valence-electron chi connectivity index (χ3n) is 9.05. The van der Waals surface area contributed by atoms with E-state index in [-0.39, 0.29) is 59.4 Å². The third kappa shape index (κ3) is 13.9. The van der Waals surface area contributed by atoms with Gasteiger partial charge >= 0.3 is 0 Å². The second-order valence-corrected chi connectivity index (χ2v) is 17.6. The Morgan fingerprint density at radius 2 is 1.28 bits per heavy atom. The number of aliphatic imine (C=N–C) groups is 2. The number of fused-ring (bicyclic) bond motifs is 1. The fraction of sp³-hybridized carbons (Fsp3) is 0.667. The minimum atomic E-state index is -1.07. The normalized spacial score (nSPS) is 14.0. The predicted molar refractivity (Wildman–Crippen MR) is 218 cm³/mol. The van der Waals surface area contributed by atoms with Crippen LogP contribution in [0, 0.1) is 5.92 Å². The molecule has 14 N–H and O–H groups in total. The molecule has 53 heavy (non-hydrogen) atoms. The Labute approximate surface area is 316 Å². The molecule has 1 aromatic carbocycles. The highest BCUT2D eigenvalue weighted by atomic mass is 16.2. The van der Waals surface area contributed by atoms with Crippen LogP contribution < -0.4 is 44.6 Å². The van der Waals surface area contributed by atoms with Crippen LogP contribution in [0.15, 0.2) is 22.1 Å². The summed E-state index contributed by atoms with van der Waals surface area (Å²) in [7, 11) is 0. The number of carbonyl (C=O) groups is 3. The van der Waals surface area contributed by atoms with Gasteiger partial charge in [-0.1, -0.05) is 82.2 Å². The van der Waals surface area contributed by atoms with Crippen LogP contribution in [0.2, 0.25) is 0 Å². The number of nitrogens with two attached hydrogens (primary N) is 5. The van der Waals surface area contributed by atoms with Crippen molar-refractivity contribution in [2.75, 3.05) is 19.6 Å². The molecular formula is C39H69N11O3. The van der Waals surface area contributed by atoms with Gasteiger partial charge in [0, 0.05) is 48.1 Å². The van der Waals surface area contributed by atoms with E-state index in [0.29, 0.717) is 32.4 Å². The Morgan fingerprint density at radius 3 is 1.77 bits per heavy atom. The summed E-state index contributed by atoms with van der Waals surface area (Å²) in [5.41, 5.74) is 32.8. The van der Waals surface area contributed by atoms with Gasteiger partial charge in [0.2, 0.25) is 17.7 Å². The van der Waals surface area contributed by atoms with Crippen LogP contribution in [-0.2, 0) is 37.0 Å². The highest BCUT2D eigenvalue weighted by Gasteiger charge is 2.33. The summed E-state index contributed by atoms with van der Waals surface area (Å²) in [5.74, 6) is -1.22. The largest absolute Gasteiger partial charge is 0.370 e. The molecule has 0 aliphatic carbocycles. The van der Waals surface area contributed by atoms with Crippen LogP contribution in [-0.4, -0.2) is 72.4 Å². The van der Waals surface area contributed by atoms with Crippen LogP contribution in [0.5, 0.6) is 0 Å². The first-order valence-corrected chi connectivity index (χ1v) is 18.8. The number of guanidine groups is 2. The summed E-state index contributed by atoms with van der Waals surface area (Å²) in [6, 6.07) is 1.58. The van der Waals surface area contributed by atoms with Gasteiger partial charge in [-0.2, -0.15) is 0 Å². The van der Waals surface area contributed by atoms with E-state index in [0.717, 1.165) is 33.3 Å². The van der Waals surface area contributed by atoms with E-state index < -0.39 is 29.9 Å². The minimum absolute atomic E-state index is 0.0392. The lowest BCUT2D eigenvalue weighted by atomic mass is 9.78. The third-order valence-corrected chi connectivity index (χ3v) is 9.05. The SMILES string of the molecule is CC(C)CNC(=O)[C@H](CCCN=C(N)N)NC(=O)[C@H](Cc1c(C(C)(C)C)[nH]c2c(C(C)(C)C)cc(C(C)(C)C)cc12)NC(=O)[C@@H](N)CCCN=C(N)N. The maximum absolute atomic E-state index is 14.4. The second-order valence-electron chi connectivity index (χ2n) is 17.6. The van der Waals surface area contributed by atoms with Gasteiger partial charge in [-0.05, 0) is 65.2 Å². The van der Waals surface area contributed by atoms with Crippen molar-refractivity contribution in [2.24, 2.45) is 44.6 Å². The minimum Gasteiger partial charge on any atom is -0.370 e. The Balaban J connectivity index is 2.72. The molecule has 298 valence electrons. The number of amides is 3. The van der Waals surface area contributed by atoms with E-state index in [9.17, 15) is 14.4 Å². The molecule has 14 nitrogen and oxygen atoms in total. The predicted octanol–water partition coefficient (Wildman–Crippen LogP) is 2.78. The molecule has 0 radical (unpaired) electrons. The first-order chi connectivity index (χ1) is 24.3. The zero-order chi connectivity index (χ0) is 40.5. The number of aromatic nitrogens is 1. The van der Waals surface area contributed by atoms with Crippen LogP contribution in [0.1, 0.15) is 124 Å². The Morgan fingerprint density at radius 1 is 0.736 bits per heavy atom. The molecule has 0 aliphatic heterocycles. The van der Waals surface area contributed by atoms with Gasteiger partial charge < -0.3 is 49.6 Å². The number of aromatic amines is 1. The fourth-order valence-electron chi connectivity index (χ4n) is 6.04. The smallest absolute Gasteiger partial charge is 0.243 e. The van der Waals surface area contributed by atoms with Crippen molar-refractivity contribution < 1.29 is 14.4 Å². The molecule has 0 fully saturated rings. The molecule has 14 heteroatoms. The van der Waals surface area contributed by atoms with Crippen LogP contribution in [0.4, 0.5) is 0 Å². The van der Waals surface area contributed by atoms with E-state index >= 15 is 0 Å². The number of hydrogen-bond donors (Lipinski definition) is 9. The van der Waals surface area contributed by atoms with Gasteiger partial charge in [0.05, 0.1) is 6.04 Å². The maximum Gasteiger partial charge on any atom is 0.243 e. The molecule has 0 aliphatic rings. The van der Waals surface area contributed by atoms with E-state index in [4.69, 9.17) is 28.7 Å². The molecule has 0 unspecified atom stereocenters. The average Bonchev–Trinajstić information content (AvgIpc) is 3.40. The molecule has 0 spiro atoms. The van der Waals surface area contributed by atoms with Gasteiger partial charge in [0.1, 0.15) is 12.1 Å². The molecule has 2 rings (SSSR count). The van der Waals surface area contributed by atoms with Crippen molar-refractivity contribution in [3.8, 4) is 0 Å². The van der Waals surface area contributed by atoms with Crippen molar-refractivity contribution in [2.45, 2.75) is 143 Å². The second kappa shape index (κ2) is 18.6. The molecule has 2 aromatic rings. The number of H-pyrrole nitrogens is 1. The molecule has 1 heterocycles. The van der Waals surface area contributed by atoms with Crippen molar-refractivity contribution in [1.82, 2.24) is 20.9 Å². The number of hydrogen-bond acceptors (Lipinski definition) is 6. The lowest BCUT2D eigenvalue weighted by Gasteiger charge is -2.27. The topological polar surface area (TPSA) is 258 Å². The zero-order valence-electron chi connectivity index (χ0n) is 34.1. The van der Waals surface area contributed by atoms with Gasteiger partial charge in [-0.15, -0.1) is 0 Å². The van der Waals surface area contributed by atoms with Crippen LogP contribution in [0.25, 0.3) is 10.9 Å². The van der Waals surface area contributed by atoms with Crippen molar-refractivity contribution in [1.29, 1.82) is 0 Å². The van der Waals surface area contributed by atoms with E-state index in [1.807, 2.05) is 13.8 Å². The molecule has 1 aromatic heterocycles. The maximum atomic E-state index is 14.4.